The molecule has 2 amide bonds. The topological polar surface area (TPSA) is 140 Å². The van der Waals surface area contributed by atoms with E-state index in [-0.39, 0.29) is 23.9 Å². The summed E-state index contributed by atoms with van der Waals surface area (Å²) in [6, 6.07) is 5.75. The van der Waals surface area contributed by atoms with Gasteiger partial charge in [-0.2, -0.15) is 26.3 Å². The summed E-state index contributed by atoms with van der Waals surface area (Å²) in [5.41, 5.74) is 1.04. The second-order valence-corrected chi connectivity index (χ2v) is 7.74. The van der Waals surface area contributed by atoms with Crippen molar-refractivity contribution < 1.29 is 55.7 Å². The molecule has 3 rings (SSSR count). The van der Waals surface area contributed by atoms with Crippen LogP contribution in [0, 0.1) is 5.92 Å². The lowest BCUT2D eigenvalue weighted by molar-refractivity contribution is -0.193. The Hall–Kier alpha value is -3.43. The Labute approximate surface area is 200 Å². The van der Waals surface area contributed by atoms with Crippen molar-refractivity contribution in [1.29, 1.82) is 0 Å². The number of hydrogen-bond donors (Lipinski definition) is 3. The number of alkyl halides is 6. The number of amides is 2. The van der Waals surface area contributed by atoms with Crippen LogP contribution >= 0.6 is 0 Å². The van der Waals surface area contributed by atoms with E-state index in [1.807, 2.05) is 18.2 Å². The standard InChI is InChI=1S/C16H22N4O2.2C2HF3O2/c1-11(21)20-14(16(22)17-2)7-12-8-19(10-15(12)20)9-13-5-3-4-6-18-13;2*3-2(4,5)1(6)7/h3-6,12,14-15H,7-10H2,1-2H3,(H,17,22);2*(H,6,7)/t12-,14-,15+;;/m0../s1. The lowest BCUT2D eigenvalue weighted by Crippen LogP contribution is -2.49. The average Bonchev–Trinajstić information content (AvgIpc) is 3.30. The third-order valence-electron chi connectivity index (χ3n) is 5.21. The average molecular weight is 530 g/mol. The summed E-state index contributed by atoms with van der Waals surface area (Å²) in [5, 5.41) is 16.9. The van der Waals surface area contributed by atoms with Crippen molar-refractivity contribution in [2.75, 3.05) is 20.1 Å². The number of halogens is 6. The number of fused-ring (bicyclic) bond motifs is 1. The van der Waals surface area contributed by atoms with Gasteiger partial charge >= 0.3 is 24.3 Å². The maximum atomic E-state index is 12.0. The number of nitrogens with one attached hydrogen (secondary N) is 1. The first-order valence-corrected chi connectivity index (χ1v) is 10.2. The number of aliphatic carboxylic acids is 2. The van der Waals surface area contributed by atoms with Crippen molar-refractivity contribution in [3.8, 4) is 0 Å². The van der Waals surface area contributed by atoms with Crippen molar-refractivity contribution in [3.63, 3.8) is 0 Å². The minimum atomic E-state index is -5.08. The molecule has 36 heavy (non-hydrogen) atoms. The summed E-state index contributed by atoms with van der Waals surface area (Å²) in [6.07, 6.45) is -7.61. The number of carboxylic acid groups (broad SMARTS) is 2. The smallest absolute Gasteiger partial charge is 0.475 e. The molecule has 3 atom stereocenters. The number of carboxylic acids is 2. The van der Waals surface area contributed by atoms with Crippen molar-refractivity contribution in [2.24, 2.45) is 5.92 Å². The zero-order valence-electron chi connectivity index (χ0n) is 19.0. The highest BCUT2D eigenvalue weighted by molar-refractivity contribution is 5.87. The SMILES string of the molecule is CNC(=O)[C@@H]1C[C@H]2CN(Cc3ccccn3)C[C@H]2N1C(C)=O.O=C(O)C(F)(F)F.O=C(O)C(F)(F)F. The lowest BCUT2D eigenvalue weighted by Gasteiger charge is -2.28. The summed E-state index contributed by atoms with van der Waals surface area (Å²) in [6.45, 7) is 4.08. The van der Waals surface area contributed by atoms with Crippen LogP contribution in [-0.4, -0.2) is 93.3 Å². The molecule has 1 aromatic heterocycles. The van der Waals surface area contributed by atoms with Crippen LogP contribution in [0.25, 0.3) is 0 Å². The van der Waals surface area contributed by atoms with Gasteiger partial charge in [0.2, 0.25) is 11.8 Å². The Bertz CT molecular complexity index is 904. The molecule has 2 aliphatic heterocycles. The van der Waals surface area contributed by atoms with E-state index in [9.17, 15) is 35.9 Å². The maximum Gasteiger partial charge on any atom is 0.490 e. The maximum absolute atomic E-state index is 12.0. The Balaban J connectivity index is 0.000000383. The summed E-state index contributed by atoms with van der Waals surface area (Å²) in [4.78, 5) is 50.3. The molecule has 0 bridgehead atoms. The molecule has 16 heteroatoms. The molecule has 1 aromatic rings. The number of rotatable bonds is 3. The monoisotopic (exact) mass is 530 g/mol. The van der Waals surface area contributed by atoms with Gasteiger partial charge in [0.05, 0.1) is 5.69 Å². The van der Waals surface area contributed by atoms with Crippen LogP contribution in [0.15, 0.2) is 24.4 Å². The van der Waals surface area contributed by atoms with E-state index in [0.29, 0.717) is 5.92 Å². The minimum Gasteiger partial charge on any atom is -0.475 e. The highest BCUT2D eigenvalue weighted by Crippen LogP contribution is 2.36. The Morgan fingerprint density at radius 3 is 1.94 bits per heavy atom. The predicted octanol–water partition coefficient (Wildman–Crippen LogP) is 1.52. The van der Waals surface area contributed by atoms with Gasteiger partial charge in [0, 0.05) is 45.8 Å². The van der Waals surface area contributed by atoms with Crippen molar-refractivity contribution in [2.45, 2.75) is 44.3 Å². The van der Waals surface area contributed by atoms with Crippen LogP contribution < -0.4 is 5.32 Å². The van der Waals surface area contributed by atoms with E-state index < -0.39 is 24.3 Å². The lowest BCUT2D eigenvalue weighted by atomic mass is 10.0. The van der Waals surface area contributed by atoms with Gasteiger partial charge in [0.15, 0.2) is 0 Å². The van der Waals surface area contributed by atoms with Gasteiger partial charge in [-0.25, -0.2) is 9.59 Å². The summed E-state index contributed by atoms with van der Waals surface area (Å²) >= 11 is 0. The number of pyridine rings is 1. The van der Waals surface area contributed by atoms with E-state index in [2.05, 4.69) is 15.2 Å². The first kappa shape index (κ1) is 30.6. The van der Waals surface area contributed by atoms with Gasteiger partial charge in [-0.15, -0.1) is 0 Å². The molecule has 2 saturated heterocycles. The molecule has 3 N–H and O–H groups in total. The van der Waals surface area contributed by atoms with E-state index in [4.69, 9.17) is 19.8 Å². The van der Waals surface area contributed by atoms with Crippen LogP contribution in [0.1, 0.15) is 19.0 Å². The number of carbonyl (C=O) groups excluding carboxylic acids is 2. The molecule has 0 aliphatic carbocycles. The van der Waals surface area contributed by atoms with Gasteiger partial charge in [-0.1, -0.05) is 6.07 Å². The van der Waals surface area contributed by atoms with Crippen LogP contribution in [0.2, 0.25) is 0 Å². The summed E-state index contributed by atoms with van der Waals surface area (Å²) in [5.74, 6) is -5.21. The van der Waals surface area contributed by atoms with Crippen LogP contribution in [0.3, 0.4) is 0 Å². The minimum absolute atomic E-state index is 0.0132. The number of likely N-dealkylation sites (N-methyl/N-ethyl adjacent to an activating group) is 1. The van der Waals surface area contributed by atoms with Crippen LogP contribution in [0.5, 0.6) is 0 Å². The zero-order valence-corrected chi connectivity index (χ0v) is 19.0. The highest BCUT2D eigenvalue weighted by Gasteiger charge is 2.49. The number of likely N-dealkylation sites (tertiary alicyclic amines) is 2. The highest BCUT2D eigenvalue weighted by atomic mass is 19.4. The molecule has 0 spiro atoms. The van der Waals surface area contributed by atoms with Crippen LogP contribution in [-0.2, 0) is 25.7 Å². The molecule has 0 radical (unpaired) electrons. The molecule has 3 heterocycles. The molecule has 0 aromatic carbocycles. The molecule has 0 unspecified atom stereocenters. The van der Waals surface area contributed by atoms with Gasteiger partial charge < -0.3 is 20.4 Å². The molecule has 10 nitrogen and oxygen atoms in total. The fourth-order valence-corrected chi connectivity index (χ4v) is 3.82. The van der Waals surface area contributed by atoms with Gasteiger partial charge in [0.1, 0.15) is 6.04 Å². The number of aromatic nitrogens is 1. The molecule has 2 fully saturated rings. The van der Waals surface area contributed by atoms with Crippen LogP contribution in [0.4, 0.5) is 26.3 Å². The first-order chi connectivity index (χ1) is 16.5. The Morgan fingerprint density at radius 2 is 1.56 bits per heavy atom. The summed E-state index contributed by atoms with van der Waals surface area (Å²) < 4.78 is 63.5. The van der Waals surface area contributed by atoms with Gasteiger partial charge in [-0.3, -0.25) is 19.5 Å². The molecule has 0 saturated carbocycles. The van der Waals surface area contributed by atoms with Crippen molar-refractivity contribution in [1.82, 2.24) is 20.1 Å². The van der Waals surface area contributed by atoms with E-state index in [0.717, 1.165) is 31.7 Å². The molecule has 2 aliphatic rings. The molecular weight excluding hydrogens is 506 g/mol. The fraction of sp³-hybridized carbons (Fsp3) is 0.550. The zero-order chi connectivity index (χ0) is 27.8. The third-order valence-corrected chi connectivity index (χ3v) is 5.21. The van der Waals surface area contributed by atoms with Crippen molar-refractivity contribution in [3.05, 3.63) is 30.1 Å². The second kappa shape index (κ2) is 12.5. The van der Waals surface area contributed by atoms with Gasteiger partial charge in [-0.05, 0) is 24.5 Å². The Morgan fingerprint density at radius 1 is 1.03 bits per heavy atom. The quantitative estimate of drug-likeness (QED) is 0.500. The number of carbonyl (C=O) groups is 4. The number of nitrogens with zero attached hydrogens (tertiary/aromatic N) is 3. The normalized spacial score (nSPS) is 21.3. The predicted molar refractivity (Wildman–Crippen MR) is 109 cm³/mol. The van der Waals surface area contributed by atoms with Crippen molar-refractivity contribution >= 4 is 23.8 Å². The van der Waals surface area contributed by atoms with Gasteiger partial charge in [0.25, 0.3) is 0 Å². The molecular formula is C20H24F6N4O6. The number of hydrogen-bond acceptors (Lipinski definition) is 6. The first-order valence-electron chi connectivity index (χ1n) is 10.2. The third kappa shape index (κ3) is 8.98. The van der Waals surface area contributed by atoms with E-state index >= 15 is 0 Å². The molecule has 202 valence electrons. The Kier molecular flexibility index (Phi) is 10.6. The van der Waals surface area contributed by atoms with E-state index in [1.54, 1.807) is 25.1 Å². The second-order valence-electron chi connectivity index (χ2n) is 7.74. The van der Waals surface area contributed by atoms with E-state index in [1.165, 1.54) is 0 Å². The fourth-order valence-electron chi connectivity index (χ4n) is 3.82. The largest absolute Gasteiger partial charge is 0.490 e. The summed E-state index contributed by atoms with van der Waals surface area (Å²) in [7, 11) is 1.63.